The predicted octanol–water partition coefficient (Wildman–Crippen LogP) is 2.22. The second-order valence-corrected chi connectivity index (χ2v) is 4.42. The summed E-state index contributed by atoms with van der Waals surface area (Å²) in [6, 6.07) is 5.73. The van der Waals surface area contributed by atoms with Gasteiger partial charge < -0.3 is 4.74 Å². The van der Waals surface area contributed by atoms with Crippen LogP contribution in [0, 0.1) is 6.92 Å². The molecule has 0 aliphatic heterocycles. The van der Waals surface area contributed by atoms with Crippen LogP contribution < -0.4 is 0 Å². The van der Waals surface area contributed by atoms with Crippen LogP contribution in [0.5, 0.6) is 0 Å². The van der Waals surface area contributed by atoms with E-state index in [9.17, 15) is 9.59 Å². The summed E-state index contributed by atoms with van der Waals surface area (Å²) in [7, 11) is 1.37. The fourth-order valence-corrected chi connectivity index (χ4v) is 1.73. The summed E-state index contributed by atoms with van der Waals surface area (Å²) < 4.78 is 4.64. The van der Waals surface area contributed by atoms with Crippen molar-refractivity contribution in [1.82, 2.24) is 0 Å². The molecular formula is C13H15BrO3. The molecule has 1 rings (SSSR count). The van der Waals surface area contributed by atoms with Gasteiger partial charge in [-0.15, -0.1) is 0 Å². The van der Waals surface area contributed by atoms with Gasteiger partial charge in [-0.2, -0.15) is 0 Å². The molecule has 0 heterocycles. The molecule has 0 amide bonds. The summed E-state index contributed by atoms with van der Waals surface area (Å²) in [5, 5.41) is 0.354. The van der Waals surface area contributed by atoms with Crippen LogP contribution in [-0.4, -0.2) is 24.2 Å². The van der Waals surface area contributed by atoms with E-state index in [1.807, 2.05) is 25.1 Å². The molecule has 0 aliphatic rings. The fourth-order valence-electron chi connectivity index (χ4n) is 1.53. The van der Waals surface area contributed by atoms with E-state index in [4.69, 9.17) is 0 Å². The zero-order valence-electron chi connectivity index (χ0n) is 9.96. The van der Waals surface area contributed by atoms with Gasteiger partial charge in [-0.1, -0.05) is 34.1 Å². The maximum absolute atomic E-state index is 11.3. The minimum Gasteiger partial charge on any atom is -0.469 e. The number of Topliss-reactive ketones (excluding diaryl/α,β-unsaturated/α-hetero) is 1. The van der Waals surface area contributed by atoms with E-state index in [-0.39, 0.29) is 18.2 Å². The van der Waals surface area contributed by atoms with Crippen molar-refractivity contribution >= 4 is 27.7 Å². The minimum atomic E-state index is -0.267. The van der Waals surface area contributed by atoms with Crippen molar-refractivity contribution in [2.45, 2.75) is 19.8 Å². The number of hydrogen-bond donors (Lipinski definition) is 0. The van der Waals surface area contributed by atoms with Crippen LogP contribution in [0.1, 0.15) is 16.7 Å². The van der Waals surface area contributed by atoms with Crippen LogP contribution >= 0.6 is 15.9 Å². The largest absolute Gasteiger partial charge is 0.469 e. The minimum absolute atomic E-state index is 0.123. The summed E-state index contributed by atoms with van der Waals surface area (Å²) in [6.45, 7) is 1.94. The van der Waals surface area contributed by atoms with E-state index in [1.165, 1.54) is 7.11 Å². The van der Waals surface area contributed by atoms with Crippen LogP contribution in [0.2, 0.25) is 0 Å². The summed E-state index contributed by atoms with van der Waals surface area (Å²) >= 11 is 3.13. The summed E-state index contributed by atoms with van der Waals surface area (Å²) in [6.07, 6.45) is 0.637. The predicted molar refractivity (Wildman–Crippen MR) is 69.4 cm³/mol. The lowest BCUT2D eigenvalue weighted by Crippen LogP contribution is -2.08. The molecule has 1 aromatic carbocycles. The Balaban J connectivity index is 2.86. The normalized spacial score (nSPS) is 10.1. The summed E-state index contributed by atoms with van der Waals surface area (Å²) in [5.41, 5.74) is 2.88. The maximum atomic E-state index is 11.3. The number of methoxy groups -OCH3 is 1. The average molecular weight is 299 g/mol. The second kappa shape index (κ2) is 6.55. The average Bonchev–Trinajstić information content (AvgIpc) is 2.33. The molecule has 0 fully saturated rings. The van der Waals surface area contributed by atoms with Gasteiger partial charge in [-0.05, 0) is 23.6 Å². The van der Waals surface area contributed by atoms with E-state index in [2.05, 4.69) is 20.7 Å². The van der Waals surface area contributed by atoms with Gasteiger partial charge in [-0.3, -0.25) is 9.59 Å². The molecule has 0 saturated carbocycles. The lowest BCUT2D eigenvalue weighted by molar-refractivity contribution is -0.139. The van der Waals surface area contributed by atoms with Crippen molar-refractivity contribution in [2.75, 3.05) is 12.4 Å². The third-order valence-electron chi connectivity index (χ3n) is 2.53. The first kappa shape index (κ1) is 13.9. The number of halogens is 1. The lowest BCUT2D eigenvalue weighted by atomic mass is 10.00. The Hall–Kier alpha value is -1.16. The van der Waals surface area contributed by atoms with Crippen molar-refractivity contribution in [2.24, 2.45) is 0 Å². The monoisotopic (exact) mass is 298 g/mol. The Bertz CT molecular complexity index is 427. The van der Waals surface area contributed by atoms with E-state index in [0.717, 1.165) is 16.7 Å². The third kappa shape index (κ3) is 4.30. The van der Waals surface area contributed by atoms with Gasteiger partial charge in [-0.25, -0.2) is 0 Å². The van der Waals surface area contributed by atoms with E-state index in [0.29, 0.717) is 11.8 Å². The van der Waals surface area contributed by atoms with E-state index >= 15 is 0 Å². The van der Waals surface area contributed by atoms with Gasteiger partial charge in [0.05, 0.1) is 18.9 Å². The molecule has 0 spiro atoms. The molecule has 1 aromatic rings. The number of benzene rings is 1. The Labute approximate surface area is 109 Å². The Morgan fingerprint density at radius 2 is 2.00 bits per heavy atom. The van der Waals surface area contributed by atoms with Crippen molar-refractivity contribution in [3.8, 4) is 0 Å². The molecule has 92 valence electrons. The molecule has 0 aromatic heterocycles. The number of hydrogen-bond acceptors (Lipinski definition) is 3. The van der Waals surface area contributed by atoms with Gasteiger partial charge in [0.25, 0.3) is 0 Å². The quantitative estimate of drug-likeness (QED) is 0.618. The molecule has 0 N–H and O–H groups in total. The number of aryl methyl sites for hydroxylation is 1. The molecular weight excluding hydrogens is 284 g/mol. The summed E-state index contributed by atoms with van der Waals surface area (Å²) in [5.74, 6) is -0.144. The lowest BCUT2D eigenvalue weighted by Gasteiger charge is -2.07. The molecule has 0 radical (unpaired) electrons. The number of ketones is 1. The van der Waals surface area contributed by atoms with E-state index < -0.39 is 0 Å². The van der Waals surface area contributed by atoms with Crippen molar-refractivity contribution in [3.05, 3.63) is 34.9 Å². The number of esters is 1. The molecule has 0 saturated heterocycles. The van der Waals surface area contributed by atoms with Crippen molar-refractivity contribution in [1.29, 1.82) is 0 Å². The molecule has 4 heteroatoms. The van der Waals surface area contributed by atoms with Crippen LogP contribution in [0.4, 0.5) is 0 Å². The zero-order chi connectivity index (χ0) is 12.8. The van der Waals surface area contributed by atoms with Gasteiger partial charge in [0.1, 0.15) is 5.78 Å². The highest BCUT2D eigenvalue weighted by molar-refractivity contribution is 9.09. The van der Waals surface area contributed by atoms with Gasteiger partial charge in [0, 0.05) is 6.42 Å². The first-order valence-electron chi connectivity index (χ1n) is 5.29. The molecule has 3 nitrogen and oxygen atoms in total. The first-order chi connectivity index (χ1) is 8.06. The second-order valence-electron chi connectivity index (χ2n) is 3.86. The smallest absolute Gasteiger partial charge is 0.309 e. The number of carbonyl (C=O) groups is 2. The molecule has 0 atom stereocenters. The number of alkyl halides is 1. The molecule has 0 aliphatic carbocycles. The van der Waals surface area contributed by atoms with Crippen LogP contribution in [0.15, 0.2) is 18.2 Å². The zero-order valence-corrected chi connectivity index (χ0v) is 11.5. The Morgan fingerprint density at radius 3 is 2.59 bits per heavy atom. The van der Waals surface area contributed by atoms with Gasteiger partial charge in [0.15, 0.2) is 0 Å². The topological polar surface area (TPSA) is 43.4 Å². The van der Waals surface area contributed by atoms with E-state index in [1.54, 1.807) is 0 Å². The number of ether oxygens (including phenoxy) is 1. The number of carbonyl (C=O) groups excluding carboxylic acids is 2. The molecule has 0 bridgehead atoms. The standard InChI is InChI=1S/C13H15BrO3/c1-9-3-4-10(6-12(15)8-14)5-11(9)7-13(16)17-2/h3-5H,6-8H2,1-2H3. The van der Waals surface area contributed by atoms with Crippen LogP contribution in [0.3, 0.4) is 0 Å². The van der Waals surface area contributed by atoms with Crippen LogP contribution in [0.25, 0.3) is 0 Å². The molecule has 17 heavy (non-hydrogen) atoms. The maximum Gasteiger partial charge on any atom is 0.309 e. The summed E-state index contributed by atoms with van der Waals surface area (Å²) in [4.78, 5) is 22.5. The highest BCUT2D eigenvalue weighted by Crippen LogP contribution is 2.13. The Kier molecular flexibility index (Phi) is 5.35. The highest BCUT2D eigenvalue weighted by Gasteiger charge is 2.08. The molecule has 0 unspecified atom stereocenters. The van der Waals surface area contributed by atoms with Gasteiger partial charge in [0.2, 0.25) is 0 Å². The third-order valence-corrected chi connectivity index (χ3v) is 3.15. The highest BCUT2D eigenvalue weighted by atomic mass is 79.9. The number of rotatable bonds is 5. The van der Waals surface area contributed by atoms with Crippen molar-refractivity contribution < 1.29 is 14.3 Å². The Morgan fingerprint density at radius 1 is 1.29 bits per heavy atom. The first-order valence-corrected chi connectivity index (χ1v) is 6.42. The van der Waals surface area contributed by atoms with Crippen LogP contribution in [-0.2, 0) is 27.2 Å². The SMILES string of the molecule is COC(=O)Cc1cc(CC(=O)CBr)ccc1C. The van der Waals surface area contributed by atoms with Crippen molar-refractivity contribution in [3.63, 3.8) is 0 Å². The fraction of sp³-hybridized carbons (Fsp3) is 0.385. The van der Waals surface area contributed by atoms with Gasteiger partial charge >= 0.3 is 5.97 Å².